The Labute approximate surface area is 289 Å². The Morgan fingerprint density at radius 3 is 1.62 bits per heavy atom. The van der Waals surface area contributed by atoms with E-state index in [2.05, 4.69) is 130 Å². The maximum atomic E-state index is 5.39. The van der Waals surface area contributed by atoms with Crippen molar-refractivity contribution in [2.75, 3.05) is 0 Å². The molecule has 3 aromatic heterocycles. The van der Waals surface area contributed by atoms with Crippen molar-refractivity contribution in [3.8, 4) is 34.4 Å². The molecule has 2 aliphatic rings. The van der Waals surface area contributed by atoms with E-state index in [1.807, 2.05) is 18.2 Å². The van der Waals surface area contributed by atoms with E-state index >= 15 is 0 Å². The second-order valence-electron chi connectivity index (χ2n) is 14.0. The maximum absolute atomic E-state index is 5.39. The fourth-order valence-electron chi connectivity index (χ4n) is 9.23. The highest BCUT2D eigenvalue weighted by molar-refractivity contribution is 6.12. The van der Waals surface area contributed by atoms with Gasteiger partial charge in [0.2, 0.25) is 11.9 Å². The lowest BCUT2D eigenvalue weighted by molar-refractivity contribution is 0.353. The minimum absolute atomic E-state index is 0.0437. The van der Waals surface area contributed by atoms with Crippen LogP contribution >= 0.6 is 0 Å². The topological polar surface area (TPSA) is 48.5 Å². The molecular formula is C45H33N5. The molecule has 5 heteroatoms. The first-order chi connectivity index (χ1) is 24.8. The Morgan fingerprint density at radius 1 is 0.420 bits per heavy atom. The molecule has 6 aromatic carbocycles. The van der Waals surface area contributed by atoms with Crippen LogP contribution in [0.5, 0.6) is 0 Å². The first-order valence-corrected chi connectivity index (χ1v) is 17.8. The summed E-state index contributed by atoms with van der Waals surface area (Å²) in [6, 6.07) is 50.1. The third-order valence-electron chi connectivity index (χ3n) is 11.4. The van der Waals surface area contributed by atoms with E-state index < -0.39 is 0 Å². The van der Waals surface area contributed by atoms with Gasteiger partial charge in [-0.1, -0.05) is 128 Å². The molecule has 0 saturated heterocycles. The zero-order valence-corrected chi connectivity index (χ0v) is 27.6. The lowest BCUT2D eigenvalue weighted by Crippen LogP contribution is -2.28. The highest BCUT2D eigenvalue weighted by Crippen LogP contribution is 2.57. The standard InChI is InChI=1S/C45H33N5/c1-3-15-29(16-4-1)42-46-43(49-38-22-10-6-18-31(38)32-19-7-11-23-39(32)49)48-44(47-42)50-40-24-12-8-20-33(40)35-27-34-30-17-5-9-21-36(30)45(25-13-2-14-26-45)37(34)28-41(35)50/h1,3-12,15-24,27-28H,2,13-14,25-26H2. The Bertz CT molecular complexity index is 2750. The SMILES string of the molecule is c1ccc(-c2nc(-n3c4ccccc4c4ccccc43)nc(-n3c4ccccc4c4cc5c(cc43)C3(CCCCC3)c3ccccc3-5)n2)cc1. The van der Waals surface area contributed by atoms with Crippen LogP contribution in [0, 0.1) is 0 Å². The normalized spacial score (nSPS) is 15.0. The van der Waals surface area contributed by atoms with Gasteiger partial charge in [-0.15, -0.1) is 0 Å². The average molecular weight is 644 g/mol. The van der Waals surface area contributed by atoms with Crippen molar-refractivity contribution in [1.82, 2.24) is 24.1 Å². The number of hydrogen-bond donors (Lipinski definition) is 0. The molecule has 9 aromatic rings. The minimum Gasteiger partial charge on any atom is -0.278 e. The second kappa shape index (κ2) is 10.5. The van der Waals surface area contributed by atoms with Gasteiger partial charge in [0.15, 0.2) is 5.82 Å². The first kappa shape index (κ1) is 27.8. The predicted octanol–water partition coefficient (Wildman–Crippen LogP) is 11.0. The van der Waals surface area contributed by atoms with E-state index in [0.29, 0.717) is 17.7 Å². The molecule has 0 bridgehead atoms. The lowest BCUT2D eigenvalue weighted by atomic mass is 9.68. The zero-order chi connectivity index (χ0) is 32.8. The number of benzene rings is 6. The highest BCUT2D eigenvalue weighted by Gasteiger charge is 2.44. The number of para-hydroxylation sites is 3. The molecule has 0 aliphatic heterocycles. The number of aromatic nitrogens is 5. The van der Waals surface area contributed by atoms with E-state index in [0.717, 1.165) is 27.6 Å². The van der Waals surface area contributed by atoms with E-state index in [1.54, 1.807) is 0 Å². The molecule has 50 heavy (non-hydrogen) atoms. The zero-order valence-electron chi connectivity index (χ0n) is 27.6. The van der Waals surface area contributed by atoms with E-state index in [4.69, 9.17) is 15.0 Å². The van der Waals surface area contributed by atoms with Crippen LogP contribution in [0.3, 0.4) is 0 Å². The van der Waals surface area contributed by atoms with E-state index in [9.17, 15) is 0 Å². The van der Waals surface area contributed by atoms with Crippen LogP contribution in [0.25, 0.3) is 78.0 Å². The van der Waals surface area contributed by atoms with Crippen molar-refractivity contribution in [3.05, 3.63) is 151 Å². The third kappa shape index (κ3) is 3.80. The van der Waals surface area contributed by atoms with E-state index in [1.165, 1.54) is 75.9 Å². The lowest BCUT2D eigenvalue weighted by Gasteiger charge is -2.36. The van der Waals surface area contributed by atoms with E-state index in [-0.39, 0.29) is 5.41 Å². The Kier molecular flexibility index (Phi) is 5.83. The monoisotopic (exact) mass is 643 g/mol. The first-order valence-electron chi connectivity index (χ1n) is 17.8. The Balaban J connectivity index is 1.24. The third-order valence-corrected chi connectivity index (χ3v) is 11.4. The molecule has 1 spiro atoms. The summed E-state index contributed by atoms with van der Waals surface area (Å²) < 4.78 is 4.48. The fourth-order valence-corrected chi connectivity index (χ4v) is 9.23. The summed E-state index contributed by atoms with van der Waals surface area (Å²) in [5.74, 6) is 1.88. The quantitative estimate of drug-likeness (QED) is 0.192. The minimum atomic E-state index is 0.0437. The van der Waals surface area contributed by atoms with Gasteiger partial charge in [0.05, 0.1) is 22.1 Å². The van der Waals surface area contributed by atoms with Gasteiger partial charge < -0.3 is 0 Å². The molecule has 0 N–H and O–H groups in total. The number of rotatable bonds is 3. The summed E-state index contributed by atoms with van der Waals surface area (Å²) in [6.45, 7) is 0. The van der Waals surface area contributed by atoms with Crippen molar-refractivity contribution in [3.63, 3.8) is 0 Å². The molecule has 2 aliphatic carbocycles. The van der Waals surface area contributed by atoms with Crippen molar-refractivity contribution >= 4 is 43.6 Å². The van der Waals surface area contributed by atoms with Crippen LogP contribution in [0.15, 0.2) is 140 Å². The maximum Gasteiger partial charge on any atom is 0.240 e. The average Bonchev–Trinajstić information content (AvgIpc) is 3.79. The van der Waals surface area contributed by atoms with Gasteiger partial charge in [0, 0.05) is 32.5 Å². The van der Waals surface area contributed by atoms with Crippen LogP contribution in [0.1, 0.15) is 43.2 Å². The summed E-state index contributed by atoms with van der Waals surface area (Å²) in [5, 5.41) is 4.78. The van der Waals surface area contributed by atoms with Crippen LogP contribution in [0.4, 0.5) is 0 Å². The summed E-state index contributed by atoms with van der Waals surface area (Å²) >= 11 is 0. The van der Waals surface area contributed by atoms with Crippen molar-refractivity contribution in [2.24, 2.45) is 0 Å². The molecule has 238 valence electrons. The van der Waals surface area contributed by atoms with Crippen LogP contribution < -0.4 is 0 Å². The molecule has 0 amide bonds. The van der Waals surface area contributed by atoms with Crippen LogP contribution in [0.2, 0.25) is 0 Å². The van der Waals surface area contributed by atoms with Gasteiger partial charge in [-0.05, 0) is 65.4 Å². The Morgan fingerprint density at radius 2 is 0.960 bits per heavy atom. The Hall–Kier alpha value is -6.07. The summed E-state index contributed by atoms with van der Waals surface area (Å²) in [6.07, 6.45) is 6.19. The molecule has 0 atom stereocenters. The molecule has 0 radical (unpaired) electrons. The molecular weight excluding hydrogens is 611 g/mol. The predicted molar refractivity (Wildman–Crippen MR) is 203 cm³/mol. The van der Waals surface area contributed by atoms with Crippen LogP contribution in [-0.2, 0) is 5.41 Å². The molecule has 1 fully saturated rings. The summed E-state index contributed by atoms with van der Waals surface area (Å²) in [4.78, 5) is 15.9. The molecule has 11 rings (SSSR count). The molecule has 1 saturated carbocycles. The van der Waals surface area contributed by atoms with Gasteiger partial charge in [-0.25, -0.2) is 0 Å². The second-order valence-corrected chi connectivity index (χ2v) is 14.0. The smallest absolute Gasteiger partial charge is 0.240 e. The van der Waals surface area contributed by atoms with Gasteiger partial charge in [0.1, 0.15) is 0 Å². The summed E-state index contributed by atoms with van der Waals surface area (Å²) in [5.41, 5.74) is 11.1. The molecule has 3 heterocycles. The summed E-state index contributed by atoms with van der Waals surface area (Å²) in [7, 11) is 0. The largest absolute Gasteiger partial charge is 0.278 e. The molecule has 0 unspecified atom stereocenters. The van der Waals surface area contributed by atoms with Gasteiger partial charge in [-0.3, -0.25) is 9.13 Å². The van der Waals surface area contributed by atoms with Crippen molar-refractivity contribution < 1.29 is 0 Å². The van der Waals surface area contributed by atoms with Crippen LogP contribution in [-0.4, -0.2) is 24.1 Å². The van der Waals surface area contributed by atoms with Crippen molar-refractivity contribution in [1.29, 1.82) is 0 Å². The van der Waals surface area contributed by atoms with Crippen molar-refractivity contribution in [2.45, 2.75) is 37.5 Å². The number of hydrogen-bond acceptors (Lipinski definition) is 3. The molecule has 5 nitrogen and oxygen atoms in total. The fraction of sp³-hybridized carbons (Fsp3) is 0.133. The van der Waals surface area contributed by atoms with Gasteiger partial charge in [0.25, 0.3) is 0 Å². The number of fused-ring (bicyclic) bond motifs is 11. The van der Waals surface area contributed by atoms with Gasteiger partial charge in [-0.2, -0.15) is 15.0 Å². The highest BCUT2D eigenvalue weighted by atomic mass is 15.3. The van der Waals surface area contributed by atoms with Gasteiger partial charge >= 0.3 is 0 Å². The number of nitrogens with zero attached hydrogens (tertiary/aromatic N) is 5.